The van der Waals surface area contributed by atoms with Gasteiger partial charge in [0.15, 0.2) is 0 Å². The molecule has 4 heteroatoms. The van der Waals surface area contributed by atoms with Crippen molar-refractivity contribution in [3.8, 4) is 0 Å². The van der Waals surface area contributed by atoms with Gasteiger partial charge in [-0.05, 0) is 19.8 Å². The Bertz CT molecular complexity index is 217. The maximum Gasteiger partial charge on any atom is 0.0742 e. The van der Waals surface area contributed by atoms with E-state index in [-0.39, 0.29) is 6.61 Å². The van der Waals surface area contributed by atoms with Crippen LogP contribution in [0.15, 0.2) is 0 Å². The maximum absolute atomic E-state index is 9.14. The van der Waals surface area contributed by atoms with Gasteiger partial charge in [0, 0.05) is 25.0 Å². The van der Waals surface area contributed by atoms with Gasteiger partial charge in [-0.15, -0.1) is 0 Å². The summed E-state index contributed by atoms with van der Waals surface area (Å²) in [6.45, 7) is 3.12. The Labute approximate surface area is 104 Å². The molecule has 0 aliphatic heterocycles. The third-order valence-electron chi connectivity index (χ3n) is 3.46. The highest BCUT2D eigenvalue weighted by Gasteiger charge is 2.24. The summed E-state index contributed by atoms with van der Waals surface area (Å²) in [5.41, 5.74) is 5.60. The molecule has 1 atom stereocenters. The van der Waals surface area contributed by atoms with E-state index >= 15 is 0 Å². The number of rotatable bonds is 6. The first-order chi connectivity index (χ1) is 7.65. The minimum absolute atomic E-state index is 0.220. The minimum Gasteiger partial charge on any atom is -0.395 e. The highest BCUT2D eigenvalue weighted by molar-refractivity contribution is 7.80. The van der Waals surface area contributed by atoms with Crippen molar-refractivity contribution >= 4 is 17.2 Å². The summed E-state index contributed by atoms with van der Waals surface area (Å²) < 4.78 is 0. The molecule has 0 aromatic rings. The van der Waals surface area contributed by atoms with Gasteiger partial charge in [0.25, 0.3) is 0 Å². The first-order valence-corrected chi connectivity index (χ1v) is 6.71. The molecule has 1 aliphatic carbocycles. The average molecular weight is 244 g/mol. The van der Waals surface area contributed by atoms with Crippen molar-refractivity contribution in [1.29, 1.82) is 0 Å². The maximum atomic E-state index is 9.14. The van der Waals surface area contributed by atoms with Crippen LogP contribution in [0.3, 0.4) is 0 Å². The van der Waals surface area contributed by atoms with Crippen LogP contribution in [0.1, 0.15) is 45.4 Å². The fourth-order valence-corrected chi connectivity index (χ4v) is 2.94. The predicted octanol–water partition coefficient (Wildman–Crippen LogP) is 1.68. The zero-order valence-corrected chi connectivity index (χ0v) is 11.0. The molecule has 1 fully saturated rings. The van der Waals surface area contributed by atoms with E-state index in [0.717, 1.165) is 13.0 Å². The Morgan fingerprint density at radius 1 is 1.44 bits per heavy atom. The highest BCUT2D eigenvalue weighted by Crippen LogP contribution is 2.24. The zero-order chi connectivity index (χ0) is 12.0. The van der Waals surface area contributed by atoms with Crippen LogP contribution < -0.4 is 5.73 Å². The molecule has 0 heterocycles. The summed E-state index contributed by atoms with van der Waals surface area (Å²) in [6, 6.07) is 0.970. The number of aliphatic hydroxyl groups is 1. The Kier molecular flexibility index (Phi) is 6.24. The first-order valence-electron chi connectivity index (χ1n) is 6.30. The number of thiocarbonyl (C=S) groups is 1. The normalized spacial score (nSPS) is 19.9. The SMILES string of the molecule is CC(CC(N)=S)N(CCO)C1CCCCC1. The zero-order valence-electron chi connectivity index (χ0n) is 10.2. The van der Waals surface area contributed by atoms with Crippen LogP contribution in [-0.4, -0.2) is 40.2 Å². The number of hydrogen-bond acceptors (Lipinski definition) is 3. The third-order valence-corrected chi connectivity index (χ3v) is 3.63. The molecular weight excluding hydrogens is 220 g/mol. The Morgan fingerprint density at radius 3 is 2.56 bits per heavy atom. The van der Waals surface area contributed by atoms with Crippen molar-refractivity contribution in [2.24, 2.45) is 5.73 Å². The predicted molar refractivity (Wildman–Crippen MR) is 71.5 cm³/mol. The lowest BCUT2D eigenvalue weighted by Gasteiger charge is -2.38. The monoisotopic (exact) mass is 244 g/mol. The highest BCUT2D eigenvalue weighted by atomic mass is 32.1. The quantitative estimate of drug-likeness (QED) is 0.698. The van der Waals surface area contributed by atoms with Crippen molar-refractivity contribution in [2.45, 2.75) is 57.5 Å². The molecule has 0 bridgehead atoms. The molecule has 0 amide bonds. The van der Waals surface area contributed by atoms with E-state index < -0.39 is 0 Å². The summed E-state index contributed by atoms with van der Waals surface area (Å²) in [6.07, 6.45) is 7.24. The standard InChI is InChI=1S/C12H24N2OS/c1-10(9-12(13)16)14(7-8-15)11-5-3-2-4-6-11/h10-11,15H,2-9H2,1H3,(H2,13,16). The Balaban J connectivity index is 2.53. The fourth-order valence-electron chi connectivity index (χ4n) is 2.70. The van der Waals surface area contributed by atoms with E-state index in [4.69, 9.17) is 23.1 Å². The molecule has 0 aromatic heterocycles. The number of nitrogens with zero attached hydrogens (tertiary/aromatic N) is 1. The van der Waals surface area contributed by atoms with E-state index in [2.05, 4.69) is 11.8 Å². The van der Waals surface area contributed by atoms with Crippen molar-refractivity contribution in [3.05, 3.63) is 0 Å². The molecule has 16 heavy (non-hydrogen) atoms. The van der Waals surface area contributed by atoms with Gasteiger partial charge in [-0.25, -0.2) is 0 Å². The van der Waals surface area contributed by atoms with Crippen LogP contribution in [0.2, 0.25) is 0 Å². The molecule has 0 spiro atoms. The molecular formula is C12H24N2OS. The van der Waals surface area contributed by atoms with Gasteiger partial charge in [0.2, 0.25) is 0 Å². The van der Waals surface area contributed by atoms with Gasteiger partial charge in [-0.3, -0.25) is 4.90 Å². The van der Waals surface area contributed by atoms with Gasteiger partial charge in [0.1, 0.15) is 0 Å². The molecule has 1 saturated carbocycles. The summed E-state index contributed by atoms with van der Waals surface area (Å²) in [5, 5.41) is 9.14. The topological polar surface area (TPSA) is 49.5 Å². The smallest absolute Gasteiger partial charge is 0.0742 e. The van der Waals surface area contributed by atoms with E-state index in [1.165, 1.54) is 32.1 Å². The van der Waals surface area contributed by atoms with Gasteiger partial charge in [0.05, 0.1) is 11.6 Å². The first kappa shape index (κ1) is 13.9. The number of nitrogens with two attached hydrogens (primary N) is 1. The van der Waals surface area contributed by atoms with Crippen molar-refractivity contribution in [2.75, 3.05) is 13.2 Å². The minimum atomic E-state index is 0.220. The van der Waals surface area contributed by atoms with Gasteiger partial charge < -0.3 is 10.8 Å². The molecule has 3 N–H and O–H groups in total. The molecule has 3 nitrogen and oxygen atoms in total. The van der Waals surface area contributed by atoms with E-state index in [9.17, 15) is 0 Å². The van der Waals surface area contributed by atoms with Crippen LogP contribution in [0.4, 0.5) is 0 Å². The summed E-state index contributed by atoms with van der Waals surface area (Å²) in [7, 11) is 0. The van der Waals surface area contributed by atoms with Crippen LogP contribution in [0, 0.1) is 0 Å². The number of aliphatic hydroxyl groups excluding tert-OH is 1. The number of hydrogen-bond donors (Lipinski definition) is 2. The molecule has 1 rings (SSSR count). The molecule has 0 aromatic carbocycles. The summed E-state index contributed by atoms with van der Waals surface area (Å²) in [4.78, 5) is 2.96. The lowest BCUT2D eigenvalue weighted by Crippen LogP contribution is -2.45. The van der Waals surface area contributed by atoms with Gasteiger partial charge in [-0.2, -0.15) is 0 Å². The second-order valence-electron chi connectivity index (χ2n) is 4.77. The molecule has 1 aliphatic rings. The van der Waals surface area contributed by atoms with Crippen molar-refractivity contribution in [1.82, 2.24) is 4.90 Å². The largest absolute Gasteiger partial charge is 0.395 e. The van der Waals surface area contributed by atoms with E-state index in [0.29, 0.717) is 17.1 Å². The van der Waals surface area contributed by atoms with Gasteiger partial charge >= 0.3 is 0 Å². The average Bonchev–Trinajstić information content (AvgIpc) is 2.26. The van der Waals surface area contributed by atoms with Crippen molar-refractivity contribution in [3.63, 3.8) is 0 Å². The van der Waals surface area contributed by atoms with E-state index in [1.807, 2.05) is 0 Å². The lowest BCUT2D eigenvalue weighted by atomic mass is 9.93. The summed E-state index contributed by atoms with van der Waals surface area (Å²) >= 11 is 4.97. The Morgan fingerprint density at radius 2 is 2.06 bits per heavy atom. The Hall–Kier alpha value is -0.190. The van der Waals surface area contributed by atoms with Crippen LogP contribution in [0.5, 0.6) is 0 Å². The molecule has 1 unspecified atom stereocenters. The molecule has 0 radical (unpaired) electrons. The lowest BCUT2D eigenvalue weighted by molar-refractivity contribution is 0.0902. The van der Waals surface area contributed by atoms with Gasteiger partial charge in [-0.1, -0.05) is 31.5 Å². The van der Waals surface area contributed by atoms with E-state index in [1.54, 1.807) is 0 Å². The molecule has 94 valence electrons. The third kappa shape index (κ3) is 4.36. The van der Waals surface area contributed by atoms with Crippen LogP contribution >= 0.6 is 12.2 Å². The van der Waals surface area contributed by atoms with Crippen LogP contribution in [-0.2, 0) is 0 Å². The van der Waals surface area contributed by atoms with Crippen molar-refractivity contribution < 1.29 is 5.11 Å². The summed E-state index contributed by atoms with van der Waals surface area (Å²) in [5.74, 6) is 0. The second kappa shape index (κ2) is 7.20. The molecule has 0 saturated heterocycles. The fraction of sp³-hybridized carbons (Fsp3) is 0.917. The second-order valence-corrected chi connectivity index (χ2v) is 5.30. The van der Waals surface area contributed by atoms with Crippen LogP contribution in [0.25, 0.3) is 0 Å².